The number of aryl methyl sites for hydroxylation is 1. The zero-order valence-corrected chi connectivity index (χ0v) is 19.6. The second kappa shape index (κ2) is 9.76. The number of para-hydroxylation sites is 1. The predicted molar refractivity (Wildman–Crippen MR) is 133 cm³/mol. The number of hydrogen-bond acceptors (Lipinski definition) is 6. The number of nitrogens with zero attached hydrogens (tertiary/aromatic N) is 1. The smallest absolute Gasteiger partial charge is 0.270 e. The first-order chi connectivity index (χ1) is 16.4. The molecule has 0 saturated carbocycles. The molecule has 172 valence electrons. The quantitative estimate of drug-likeness (QED) is 0.319. The molecule has 34 heavy (non-hydrogen) atoms. The van der Waals surface area contributed by atoms with Crippen LogP contribution in [0.15, 0.2) is 72.3 Å². The van der Waals surface area contributed by atoms with E-state index in [0.29, 0.717) is 34.2 Å². The fourth-order valence-electron chi connectivity index (χ4n) is 3.53. The van der Waals surface area contributed by atoms with Crippen LogP contribution in [-0.4, -0.2) is 31.1 Å². The first-order valence-corrected chi connectivity index (χ1v) is 10.8. The van der Waals surface area contributed by atoms with Crippen molar-refractivity contribution in [3.63, 3.8) is 0 Å². The Bertz CT molecular complexity index is 1290. The van der Waals surface area contributed by atoms with E-state index in [9.17, 15) is 9.59 Å². The third-order valence-corrected chi connectivity index (χ3v) is 5.53. The highest BCUT2D eigenvalue weighted by Gasteiger charge is 2.35. The molecule has 8 heteroatoms. The molecule has 0 radical (unpaired) electrons. The van der Waals surface area contributed by atoms with Crippen LogP contribution in [0.3, 0.4) is 0 Å². The van der Waals surface area contributed by atoms with Gasteiger partial charge in [-0.2, -0.15) is 0 Å². The number of hydrogen-bond donors (Lipinski definition) is 1. The van der Waals surface area contributed by atoms with Gasteiger partial charge in [0.15, 0.2) is 5.11 Å². The summed E-state index contributed by atoms with van der Waals surface area (Å²) in [4.78, 5) is 27.3. The number of amides is 2. The SMILES string of the molecule is COc1cc(C)c(/C=C2\C(=O)NC(=S)N(c3ccc(Oc4ccccc4)cc3)C2=O)c(OC)c1. The minimum absolute atomic E-state index is 0.00213. The molecule has 0 atom stereocenters. The second-order valence-electron chi connectivity index (χ2n) is 7.43. The molecule has 3 aromatic carbocycles. The van der Waals surface area contributed by atoms with E-state index in [2.05, 4.69) is 5.32 Å². The number of anilines is 1. The van der Waals surface area contributed by atoms with Crippen molar-refractivity contribution in [2.45, 2.75) is 6.92 Å². The fraction of sp³-hybridized carbons (Fsp3) is 0.115. The molecular weight excluding hydrogens is 452 g/mol. The van der Waals surface area contributed by atoms with Crippen LogP contribution in [0.4, 0.5) is 5.69 Å². The first kappa shape index (κ1) is 23.0. The van der Waals surface area contributed by atoms with Crippen LogP contribution >= 0.6 is 12.2 Å². The molecule has 0 spiro atoms. The minimum atomic E-state index is -0.576. The summed E-state index contributed by atoms with van der Waals surface area (Å²) in [7, 11) is 3.07. The first-order valence-electron chi connectivity index (χ1n) is 10.4. The molecule has 1 aliphatic heterocycles. The van der Waals surface area contributed by atoms with E-state index in [1.54, 1.807) is 43.5 Å². The van der Waals surface area contributed by atoms with E-state index in [1.165, 1.54) is 18.1 Å². The van der Waals surface area contributed by atoms with Crippen LogP contribution in [0, 0.1) is 6.92 Å². The van der Waals surface area contributed by atoms with Gasteiger partial charge in [0, 0.05) is 11.6 Å². The molecule has 1 heterocycles. The standard InChI is InChI=1S/C26H22N2O5S/c1-16-13-20(31-2)14-23(32-3)21(16)15-22-24(29)27-26(34)28(25(22)30)17-9-11-19(12-10-17)33-18-7-5-4-6-8-18/h4-15H,1-3H3,(H,27,29,34)/b22-15+. The summed E-state index contributed by atoms with van der Waals surface area (Å²) in [5.74, 6) is 1.27. The molecule has 1 aliphatic rings. The molecule has 1 fully saturated rings. The van der Waals surface area contributed by atoms with Gasteiger partial charge in [0.05, 0.1) is 19.9 Å². The van der Waals surface area contributed by atoms with Crippen molar-refractivity contribution in [2.75, 3.05) is 19.1 Å². The van der Waals surface area contributed by atoms with Crippen molar-refractivity contribution in [2.24, 2.45) is 0 Å². The molecular formula is C26H22N2O5S. The van der Waals surface area contributed by atoms with Gasteiger partial charge >= 0.3 is 0 Å². The Kier molecular flexibility index (Phi) is 6.60. The fourth-order valence-corrected chi connectivity index (χ4v) is 3.81. The highest BCUT2D eigenvalue weighted by molar-refractivity contribution is 7.80. The van der Waals surface area contributed by atoms with Crippen LogP contribution in [0.25, 0.3) is 6.08 Å². The number of rotatable bonds is 6. The van der Waals surface area contributed by atoms with Gasteiger partial charge in [0.1, 0.15) is 28.6 Å². The van der Waals surface area contributed by atoms with E-state index >= 15 is 0 Å². The highest BCUT2D eigenvalue weighted by Crippen LogP contribution is 2.32. The summed E-state index contributed by atoms with van der Waals surface area (Å²) in [5.41, 5.74) is 1.82. The van der Waals surface area contributed by atoms with E-state index in [0.717, 1.165) is 5.56 Å². The zero-order valence-electron chi connectivity index (χ0n) is 18.8. The van der Waals surface area contributed by atoms with Crippen molar-refractivity contribution in [1.82, 2.24) is 5.32 Å². The lowest BCUT2D eigenvalue weighted by atomic mass is 10.0. The summed E-state index contributed by atoms with van der Waals surface area (Å²) < 4.78 is 16.5. The van der Waals surface area contributed by atoms with Crippen molar-refractivity contribution in [3.05, 3.63) is 83.4 Å². The largest absolute Gasteiger partial charge is 0.497 e. The molecule has 4 rings (SSSR count). The van der Waals surface area contributed by atoms with Gasteiger partial charge < -0.3 is 14.2 Å². The maximum atomic E-state index is 13.4. The van der Waals surface area contributed by atoms with Crippen molar-refractivity contribution < 1.29 is 23.8 Å². The molecule has 1 saturated heterocycles. The van der Waals surface area contributed by atoms with Gasteiger partial charge in [-0.05, 0) is 73.2 Å². The van der Waals surface area contributed by atoms with E-state index in [-0.39, 0.29) is 10.7 Å². The van der Waals surface area contributed by atoms with E-state index in [4.69, 9.17) is 26.4 Å². The van der Waals surface area contributed by atoms with Crippen LogP contribution in [-0.2, 0) is 9.59 Å². The average molecular weight is 475 g/mol. The van der Waals surface area contributed by atoms with Gasteiger partial charge in [0.2, 0.25) is 0 Å². The predicted octanol–water partition coefficient (Wildman–Crippen LogP) is 4.64. The summed E-state index contributed by atoms with van der Waals surface area (Å²) >= 11 is 5.30. The average Bonchev–Trinajstić information content (AvgIpc) is 2.83. The summed E-state index contributed by atoms with van der Waals surface area (Å²) in [6.07, 6.45) is 1.51. The molecule has 7 nitrogen and oxygen atoms in total. The van der Waals surface area contributed by atoms with Gasteiger partial charge in [-0.25, -0.2) is 0 Å². The number of thiocarbonyl (C=S) groups is 1. The Morgan fingerprint density at radius 3 is 2.21 bits per heavy atom. The Morgan fingerprint density at radius 1 is 0.882 bits per heavy atom. The molecule has 0 unspecified atom stereocenters. The van der Waals surface area contributed by atoms with E-state index < -0.39 is 11.8 Å². The van der Waals surface area contributed by atoms with Crippen LogP contribution in [0.1, 0.15) is 11.1 Å². The number of carbonyl (C=O) groups excluding carboxylic acids is 2. The van der Waals surface area contributed by atoms with Crippen molar-refractivity contribution in [1.29, 1.82) is 0 Å². The number of nitrogens with one attached hydrogen (secondary N) is 1. The van der Waals surface area contributed by atoms with Crippen LogP contribution < -0.4 is 24.4 Å². The minimum Gasteiger partial charge on any atom is -0.497 e. The molecule has 3 aromatic rings. The molecule has 0 aromatic heterocycles. The highest BCUT2D eigenvalue weighted by atomic mass is 32.1. The van der Waals surface area contributed by atoms with Gasteiger partial charge in [-0.15, -0.1) is 0 Å². The Hall–Kier alpha value is -4.17. The number of methoxy groups -OCH3 is 2. The third-order valence-electron chi connectivity index (χ3n) is 5.24. The Morgan fingerprint density at radius 2 is 1.56 bits per heavy atom. The molecule has 1 N–H and O–H groups in total. The topological polar surface area (TPSA) is 77.1 Å². The maximum absolute atomic E-state index is 13.4. The van der Waals surface area contributed by atoms with Gasteiger partial charge in [-0.3, -0.25) is 19.8 Å². The monoisotopic (exact) mass is 474 g/mol. The van der Waals surface area contributed by atoms with E-state index in [1.807, 2.05) is 37.3 Å². The van der Waals surface area contributed by atoms with Crippen LogP contribution in [0.2, 0.25) is 0 Å². The normalized spacial score (nSPS) is 14.7. The van der Waals surface area contributed by atoms with Gasteiger partial charge in [-0.1, -0.05) is 18.2 Å². The summed E-state index contributed by atoms with van der Waals surface area (Å²) in [5, 5.41) is 2.60. The van der Waals surface area contributed by atoms with Crippen LogP contribution in [0.5, 0.6) is 23.0 Å². The Balaban J connectivity index is 1.65. The molecule has 0 bridgehead atoms. The third kappa shape index (κ3) is 4.62. The number of ether oxygens (including phenoxy) is 3. The lowest BCUT2D eigenvalue weighted by molar-refractivity contribution is -0.122. The number of benzene rings is 3. The molecule has 2 amide bonds. The maximum Gasteiger partial charge on any atom is 0.270 e. The lowest BCUT2D eigenvalue weighted by Gasteiger charge is -2.29. The zero-order chi connectivity index (χ0) is 24.2. The summed E-state index contributed by atoms with van der Waals surface area (Å²) in [6, 6.07) is 19.7. The van der Waals surface area contributed by atoms with Crippen molar-refractivity contribution in [3.8, 4) is 23.0 Å². The second-order valence-corrected chi connectivity index (χ2v) is 7.81. The van der Waals surface area contributed by atoms with Crippen molar-refractivity contribution >= 4 is 40.9 Å². The molecule has 0 aliphatic carbocycles. The number of carbonyl (C=O) groups is 2. The Labute approximate surface area is 202 Å². The lowest BCUT2D eigenvalue weighted by Crippen LogP contribution is -2.54. The van der Waals surface area contributed by atoms with Gasteiger partial charge in [0.25, 0.3) is 11.8 Å². The summed E-state index contributed by atoms with van der Waals surface area (Å²) in [6.45, 7) is 1.84.